The van der Waals surface area contributed by atoms with Crippen LogP contribution in [0.4, 0.5) is 0 Å². The van der Waals surface area contributed by atoms with Crippen LogP contribution < -0.4 is 5.56 Å². The minimum absolute atomic E-state index is 0.0313. The number of aliphatic hydroxyl groups is 6. The van der Waals surface area contributed by atoms with Gasteiger partial charge >= 0.3 is 0 Å². The Morgan fingerprint density at radius 1 is 1.00 bits per heavy atom. The van der Waals surface area contributed by atoms with Crippen LogP contribution in [-0.4, -0.2) is 112 Å². The number of nitrogens with zero attached hydrogens (tertiary/aromatic N) is 3. The monoisotopic (exact) mass is 430 g/mol. The van der Waals surface area contributed by atoms with Crippen LogP contribution in [0.15, 0.2) is 17.4 Å². The highest BCUT2D eigenvalue weighted by Gasteiger charge is 2.47. The molecule has 4 rings (SSSR count). The number of H-pyrrole nitrogens is 1. The van der Waals surface area contributed by atoms with Crippen molar-refractivity contribution >= 4 is 11.2 Å². The van der Waals surface area contributed by atoms with Crippen molar-refractivity contribution in [2.24, 2.45) is 0 Å². The van der Waals surface area contributed by atoms with Crippen LogP contribution >= 0.6 is 0 Å². The molecule has 30 heavy (non-hydrogen) atoms. The molecule has 2 fully saturated rings. The third-order valence-electron chi connectivity index (χ3n) is 5.25. The van der Waals surface area contributed by atoms with Gasteiger partial charge in [-0.2, -0.15) is 0 Å². The summed E-state index contributed by atoms with van der Waals surface area (Å²) in [5.74, 6) is 0. The molecule has 0 spiro atoms. The predicted molar refractivity (Wildman–Crippen MR) is 93.8 cm³/mol. The van der Waals surface area contributed by atoms with E-state index in [-0.39, 0.29) is 17.8 Å². The normalized spacial score (nSPS) is 39.6. The van der Waals surface area contributed by atoms with Crippen LogP contribution in [0, 0.1) is 0 Å². The maximum absolute atomic E-state index is 11.8. The second kappa shape index (κ2) is 8.26. The number of aromatic amines is 1. The summed E-state index contributed by atoms with van der Waals surface area (Å²) < 4.78 is 17.6. The van der Waals surface area contributed by atoms with Gasteiger partial charge in [-0.15, -0.1) is 0 Å². The summed E-state index contributed by atoms with van der Waals surface area (Å²) in [7, 11) is 0. The Morgan fingerprint density at radius 2 is 1.73 bits per heavy atom. The molecule has 0 saturated carbocycles. The Bertz CT molecular complexity index is 934. The van der Waals surface area contributed by atoms with Gasteiger partial charge in [0.1, 0.15) is 42.7 Å². The summed E-state index contributed by atoms with van der Waals surface area (Å²) in [5, 5.41) is 59.6. The van der Waals surface area contributed by atoms with Crippen molar-refractivity contribution in [2.75, 3.05) is 13.2 Å². The average Bonchev–Trinajstić information content (AvgIpc) is 3.28. The lowest BCUT2D eigenvalue weighted by molar-refractivity contribution is -0.306. The summed E-state index contributed by atoms with van der Waals surface area (Å²) in [6, 6.07) is 0. The Morgan fingerprint density at radius 3 is 2.47 bits per heavy atom. The number of imidazole rings is 1. The largest absolute Gasteiger partial charge is 0.394 e. The first-order valence-electron chi connectivity index (χ1n) is 9.17. The highest BCUT2D eigenvalue weighted by molar-refractivity contribution is 5.68. The van der Waals surface area contributed by atoms with E-state index in [0.717, 1.165) is 0 Å². The number of rotatable bonds is 5. The Labute approximate surface area is 167 Å². The number of aliphatic hydroxyl groups excluding tert-OH is 6. The molecule has 2 aromatic heterocycles. The van der Waals surface area contributed by atoms with E-state index in [2.05, 4.69) is 15.0 Å². The van der Waals surface area contributed by atoms with Gasteiger partial charge in [0, 0.05) is 0 Å². The minimum atomic E-state index is -1.62. The maximum Gasteiger partial charge on any atom is 0.278 e. The fourth-order valence-corrected chi connectivity index (χ4v) is 3.54. The lowest BCUT2D eigenvalue weighted by atomic mass is 9.99. The molecule has 0 bridgehead atoms. The van der Waals surface area contributed by atoms with E-state index < -0.39 is 67.4 Å². The second-order valence-electron chi connectivity index (χ2n) is 7.13. The lowest BCUT2D eigenvalue weighted by Crippen LogP contribution is -2.59. The SMILES string of the molecule is O=c1[nH]cnc2c1ncn2[C@@H]1O[C@H](CO[C@H]2O[C@H](CO)[C@@H](O)[C@H](O)[C@@H]2O)[C@@H](O)[C@H]1O. The van der Waals surface area contributed by atoms with Gasteiger partial charge in [0.25, 0.3) is 5.56 Å². The fourth-order valence-electron chi connectivity index (χ4n) is 3.54. The first-order chi connectivity index (χ1) is 14.3. The molecule has 0 amide bonds. The number of ether oxygens (including phenoxy) is 3. The Hall–Kier alpha value is -2.01. The van der Waals surface area contributed by atoms with Gasteiger partial charge in [0.15, 0.2) is 23.7 Å². The van der Waals surface area contributed by atoms with Crippen molar-refractivity contribution < 1.29 is 44.8 Å². The summed E-state index contributed by atoms with van der Waals surface area (Å²) in [6.07, 6.45) is -9.93. The van der Waals surface area contributed by atoms with Gasteiger partial charge < -0.3 is 49.8 Å². The fraction of sp³-hybridized carbons (Fsp3) is 0.688. The molecule has 0 unspecified atom stereocenters. The van der Waals surface area contributed by atoms with E-state index in [9.17, 15) is 35.4 Å². The van der Waals surface area contributed by atoms with Crippen LogP contribution in [0.5, 0.6) is 0 Å². The van der Waals surface area contributed by atoms with Crippen LogP contribution in [0.2, 0.25) is 0 Å². The summed E-state index contributed by atoms with van der Waals surface area (Å²) in [5.41, 5.74) is -0.302. The van der Waals surface area contributed by atoms with Gasteiger partial charge in [-0.05, 0) is 0 Å². The Balaban J connectivity index is 1.46. The highest BCUT2D eigenvalue weighted by Crippen LogP contribution is 2.32. The first-order valence-corrected chi connectivity index (χ1v) is 9.17. The van der Waals surface area contributed by atoms with Crippen LogP contribution in [-0.2, 0) is 14.2 Å². The molecule has 0 aliphatic carbocycles. The molecule has 2 aliphatic heterocycles. The van der Waals surface area contributed by atoms with Gasteiger partial charge in [0.05, 0.1) is 25.9 Å². The molecule has 2 aliphatic rings. The average molecular weight is 430 g/mol. The van der Waals surface area contributed by atoms with E-state index in [1.54, 1.807) is 0 Å². The molecule has 14 nitrogen and oxygen atoms in total. The van der Waals surface area contributed by atoms with E-state index >= 15 is 0 Å². The van der Waals surface area contributed by atoms with Crippen molar-refractivity contribution in [1.82, 2.24) is 19.5 Å². The standard InChI is InChI=1S/C16H22N4O10/c21-1-5-8(22)10(24)12(26)16(30-5)28-2-6-9(23)11(25)15(29-6)20-4-19-7-13(20)17-3-18-14(7)27/h3-6,8-12,15-16,21-26H,1-2H2,(H,17,18,27)/t5-,6-,8-,9-,10+,11-,12+,15-,16+/m1/s1. The smallest absolute Gasteiger partial charge is 0.278 e. The molecule has 2 aromatic rings. The zero-order valence-electron chi connectivity index (χ0n) is 15.4. The zero-order valence-corrected chi connectivity index (χ0v) is 15.4. The third-order valence-corrected chi connectivity index (χ3v) is 5.25. The van der Waals surface area contributed by atoms with E-state index in [0.29, 0.717) is 0 Å². The van der Waals surface area contributed by atoms with E-state index in [1.807, 2.05) is 0 Å². The summed E-state index contributed by atoms with van der Waals surface area (Å²) in [6.45, 7) is -0.980. The molecule has 0 aromatic carbocycles. The van der Waals surface area contributed by atoms with Crippen LogP contribution in [0.25, 0.3) is 11.2 Å². The van der Waals surface area contributed by atoms with Gasteiger partial charge in [0.2, 0.25) is 0 Å². The zero-order chi connectivity index (χ0) is 21.6. The molecule has 14 heteroatoms. The number of hydrogen-bond donors (Lipinski definition) is 7. The van der Waals surface area contributed by atoms with E-state index in [1.165, 1.54) is 17.2 Å². The Kier molecular flexibility index (Phi) is 5.84. The van der Waals surface area contributed by atoms with Crippen molar-refractivity contribution in [3.63, 3.8) is 0 Å². The van der Waals surface area contributed by atoms with Crippen molar-refractivity contribution in [2.45, 2.75) is 55.2 Å². The third kappa shape index (κ3) is 3.51. The van der Waals surface area contributed by atoms with Gasteiger partial charge in [-0.1, -0.05) is 0 Å². The van der Waals surface area contributed by atoms with Crippen molar-refractivity contribution in [1.29, 1.82) is 0 Å². The van der Waals surface area contributed by atoms with E-state index in [4.69, 9.17) is 14.2 Å². The summed E-state index contributed by atoms with van der Waals surface area (Å²) >= 11 is 0. The molecule has 0 radical (unpaired) electrons. The topological polar surface area (TPSA) is 213 Å². The molecular weight excluding hydrogens is 408 g/mol. The van der Waals surface area contributed by atoms with Gasteiger partial charge in [-0.25, -0.2) is 9.97 Å². The number of aromatic nitrogens is 4. The molecule has 2 saturated heterocycles. The maximum atomic E-state index is 11.8. The summed E-state index contributed by atoms with van der Waals surface area (Å²) in [4.78, 5) is 22.1. The van der Waals surface area contributed by atoms with Crippen molar-refractivity contribution in [3.05, 3.63) is 23.0 Å². The molecule has 9 atom stereocenters. The van der Waals surface area contributed by atoms with Gasteiger partial charge in [-0.3, -0.25) is 9.36 Å². The molecule has 7 N–H and O–H groups in total. The first kappa shape index (κ1) is 21.2. The number of fused-ring (bicyclic) bond motifs is 1. The number of nitrogens with one attached hydrogen (secondary N) is 1. The quantitative estimate of drug-likeness (QED) is 0.239. The molecular formula is C16H22N4O10. The van der Waals surface area contributed by atoms with Crippen LogP contribution in [0.3, 0.4) is 0 Å². The highest BCUT2D eigenvalue weighted by atomic mass is 16.7. The second-order valence-corrected chi connectivity index (χ2v) is 7.13. The predicted octanol–water partition coefficient (Wildman–Crippen LogP) is -4.44. The molecule has 4 heterocycles. The van der Waals surface area contributed by atoms with Crippen molar-refractivity contribution in [3.8, 4) is 0 Å². The minimum Gasteiger partial charge on any atom is -0.394 e. The van der Waals surface area contributed by atoms with Crippen LogP contribution in [0.1, 0.15) is 6.23 Å². The molecule has 166 valence electrons. The number of hydrogen-bond acceptors (Lipinski definition) is 12. The lowest BCUT2D eigenvalue weighted by Gasteiger charge is -2.39.